The minimum atomic E-state index is -9.87. The molecule has 2 heterocycles. The molecular weight excluding hydrogens is 626 g/mol. The van der Waals surface area contributed by atoms with E-state index in [-0.39, 0.29) is 28.0 Å². The van der Waals surface area contributed by atoms with Crippen LogP contribution in [0, 0.1) is 5.41 Å². The molecule has 1 aromatic carbocycles. The van der Waals surface area contributed by atoms with Crippen molar-refractivity contribution in [1.82, 2.24) is 4.98 Å². The van der Waals surface area contributed by atoms with Crippen molar-refractivity contribution in [3.05, 3.63) is 64.0 Å². The molecule has 0 bridgehead atoms. The second-order valence-electron chi connectivity index (χ2n) is 15.5. The van der Waals surface area contributed by atoms with Crippen molar-refractivity contribution in [2.75, 3.05) is 13.2 Å². The van der Waals surface area contributed by atoms with Gasteiger partial charge in [-0.1, -0.05) is 72.3 Å². The molecule has 252 valence electrons. The molecule has 3 aliphatic rings. The molecule has 1 aliphatic heterocycles. The zero-order valence-electron chi connectivity index (χ0n) is 27.5. The molecule has 45 heavy (non-hydrogen) atoms. The van der Waals surface area contributed by atoms with Crippen LogP contribution in [0.1, 0.15) is 125 Å². The van der Waals surface area contributed by atoms with Gasteiger partial charge in [-0.3, -0.25) is 4.98 Å². The van der Waals surface area contributed by atoms with Crippen LogP contribution in [0.15, 0.2) is 35.2 Å². The van der Waals surface area contributed by atoms with Crippen molar-refractivity contribution in [2.45, 2.75) is 121 Å². The first kappa shape index (κ1) is 34.5. The Morgan fingerprint density at radius 3 is 2.20 bits per heavy atom. The molecule has 0 spiro atoms. The average molecular weight is 674 g/mol. The third-order valence-corrected chi connectivity index (χ3v) is 15.9. The molecule has 4 nitrogen and oxygen atoms in total. The Morgan fingerprint density at radius 1 is 1.04 bits per heavy atom. The third kappa shape index (κ3) is 7.22. The van der Waals surface area contributed by atoms with Crippen molar-refractivity contribution in [2.24, 2.45) is 5.41 Å². The third-order valence-electron chi connectivity index (χ3n) is 10.2. The highest BCUT2D eigenvalue weighted by molar-refractivity contribution is 8.45. The fraction of sp³-hybridized carbons (Fsp3) is 0.618. The molecule has 1 fully saturated rings. The van der Waals surface area contributed by atoms with E-state index in [4.69, 9.17) is 14.1 Å². The molecule has 1 aromatic heterocycles. The van der Waals surface area contributed by atoms with Gasteiger partial charge in [0.1, 0.15) is 11.0 Å². The highest BCUT2D eigenvalue weighted by atomic mass is 32.5. The van der Waals surface area contributed by atoms with Crippen molar-refractivity contribution in [3.63, 3.8) is 0 Å². The van der Waals surface area contributed by atoms with E-state index in [9.17, 15) is 24.5 Å². The van der Waals surface area contributed by atoms with E-state index in [0.717, 1.165) is 72.3 Å². The number of halogens is 5. The van der Waals surface area contributed by atoms with Crippen molar-refractivity contribution < 1.29 is 33.7 Å². The summed E-state index contributed by atoms with van der Waals surface area (Å²) in [7, 11) is -12.2. The average Bonchev–Trinajstić information content (AvgIpc) is 3.44. The minimum Gasteiger partial charge on any atom is -0.410 e. The molecular formula is C34H48F5NO3SSi. The SMILES string of the molecule is CC1(C)Cc2nc(C3CCOCC3)c([C@H](O)c3ccc(S(F)(F)(F)(F)F)cc3)c(C3=CCCC3)c2C(O[Si](C)(C)C(C)(C)C)C1. The maximum absolute atomic E-state index is 13.6. The molecule has 0 radical (unpaired) electrons. The van der Waals surface area contributed by atoms with Crippen LogP contribution in [0.25, 0.3) is 5.57 Å². The van der Waals surface area contributed by atoms with Gasteiger partial charge in [-0.15, -0.1) is 0 Å². The lowest BCUT2D eigenvalue weighted by Gasteiger charge is -2.45. The number of aromatic nitrogens is 1. The molecule has 0 saturated carbocycles. The second kappa shape index (κ2) is 10.9. The summed E-state index contributed by atoms with van der Waals surface area (Å²) < 4.78 is 80.8. The monoisotopic (exact) mass is 673 g/mol. The van der Waals surface area contributed by atoms with Crippen molar-refractivity contribution in [1.29, 1.82) is 0 Å². The summed E-state index contributed by atoms with van der Waals surface area (Å²) in [6.45, 7) is 16.6. The minimum absolute atomic E-state index is 0.0248. The number of ether oxygens (including phenoxy) is 1. The maximum atomic E-state index is 13.6. The van der Waals surface area contributed by atoms with Crippen LogP contribution in [0.2, 0.25) is 18.1 Å². The van der Waals surface area contributed by atoms with Crippen molar-refractivity contribution >= 4 is 24.1 Å². The molecule has 2 atom stereocenters. The first-order chi connectivity index (χ1) is 20.5. The summed E-state index contributed by atoms with van der Waals surface area (Å²) in [5.74, 6) is -0.0248. The highest BCUT2D eigenvalue weighted by Crippen LogP contribution is 3.02. The van der Waals surface area contributed by atoms with Crippen LogP contribution in [0.4, 0.5) is 19.4 Å². The first-order valence-corrected chi connectivity index (χ1v) is 20.9. The Balaban J connectivity index is 1.77. The zero-order chi connectivity index (χ0) is 33.3. The summed E-state index contributed by atoms with van der Waals surface area (Å²) in [5, 5.41) is 12.1. The fourth-order valence-electron chi connectivity index (χ4n) is 6.80. The summed E-state index contributed by atoms with van der Waals surface area (Å²) in [6.07, 6.45) is 6.05. The van der Waals surface area contributed by atoms with Gasteiger partial charge in [-0.2, -0.15) is 0 Å². The molecule has 2 aliphatic carbocycles. The lowest BCUT2D eigenvalue weighted by atomic mass is 9.71. The normalized spacial score (nSPS) is 23.6. The van der Waals surface area contributed by atoms with E-state index >= 15 is 0 Å². The summed E-state index contributed by atoms with van der Waals surface area (Å²) in [6, 6.07) is 2.73. The van der Waals surface area contributed by atoms with Gasteiger partial charge in [0.25, 0.3) is 0 Å². The van der Waals surface area contributed by atoms with E-state index in [0.29, 0.717) is 43.8 Å². The van der Waals surface area contributed by atoms with Crippen LogP contribution in [0.3, 0.4) is 0 Å². The predicted octanol–water partition coefficient (Wildman–Crippen LogP) is 11.3. The number of hydrogen-bond acceptors (Lipinski definition) is 4. The molecule has 1 saturated heterocycles. The van der Waals surface area contributed by atoms with Gasteiger partial charge < -0.3 is 14.3 Å². The Morgan fingerprint density at radius 2 is 1.67 bits per heavy atom. The van der Waals surface area contributed by atoms with E-state index in [2.05, 4.69) is 53.8 Å². The van der Waals surface area contributed by atoms with E-state index in [1.807, 2.05) is 0 Å². The maximum Gasteiger partial charge on any atom is 0.310 e. The zero-order valence-corrected chi connectivity index (χ0v) is 29.3. The number of nitrogens with zero attached hydrogens (tertiary/aromatic N) is 1. The van der Waals surface area contributed by atoms with Crippen LogP contribution < -0.4 is 0 Å². The number of benzene rings is 1. The topological polar surface area (TPSA) is 51.6 Å². The molecule has 0 amide bonds. The lowest BCUT2D eigenvalue weighted by Crippen LogP contribution is -2.44. The van der Waals surface area contributed by atoms with Crippen molar-refractivity contribution in [3.8, 4) is 0 Å². The number of aliphatic hydroxyl groups excluding tert-OH is 1. The van der Waals surface area contributed by atoms with Gasteiger partial charge in [0.05, 0.1) is 11.8 Å². The van der Waals surface area contributed by atoms with Gasteiger partial charge in [-0.25, -0.2) is 0 Å². The van der Waals surface area contributed by atoms with Gasteiger partial charge in [0.2, 0.25) is 0 Å². The molecule has 5 rings (SSSR count). The number of rotatable bonds is 7. The number of fused-ring (bicyclic) bond motifs is 1. The Bertz CT molecular complexity index is 1480. The number of pyridine rings is 1. The van der Waals surface area contributed by atoms with Crippen LogP contribution in [0.5, 0.6) is 0 Å². The molecule has 11 heteroatoms. The number of allylic oxidation sites excluding steroid dienone is 2. The van der Waals surface area contributed by atoms with Crippen LogP contribution >= 0.6 is 10.2 Å². The first-order valence-electron chi connectivity index (χ1n) is 16.0. The standard InChI is InChI=1S/C34H48F5NO3SSi/c1-33(2,3)45(6,7)43-27-21-34(4,5)20-26-29(27)28(22-10-8-9-11-22)30(31(40-26)23-16-18-42-19-17-23)32(41)24-12-14-25(15-13-24)44(35,36,37,38)39/h10,12-15,23,27,32,41H,8-9,11,16-21H2,1-7H3/t27?,32-/m1/s1. The van der Waals surface area contributed by atoms with Crippen LogP contribution in [-0.2, 0) is 15.6 Å². The van der Waals surface area contributed by atoms with Crippen LogP contribution in [-0.4, -0.2) is 31.6 Å². The summed E-state index contributed by atoms with van der Waals surface area (Å²) in [4.78, 5) is 3.36. The summed E-state index contributed by atoms with van der Waals surface area (Å²) in [5.41, 5.74) is 5.22. The van der Waals surface area contributed by atoms with Gasteiger partial charge in [0, 0.05) is 36.0 Å². The Kier molecular flexibility index (Phi) is 8.34. The molecule has 2 aromatic rings. The highest BCUT2D eigenvalue weighted by Gasteiger charge is 2.65. The lowest BCUT2D eigenvalue weighted by molar-refractivity contribution is 0.0828. The summed E-state index contributed by atoms with van der Waals surface area (Å²) >= 11 is 0. The number of aliphatic hydroxyl groups is 1. The Labute approximate surface area is 265 Å². The van der Waals surface area contributed by atoms with Gasteiger partial charge >= 0.3 is 10.2 Å². The predicted molar refractivity (Wildman–Crippen MR) is 174 cm³/mol. The molecule has 1 unspecified atom stereocenters. The quantitative estimate of drug-likeness (QED) is 0.235. The van der Waals surface area contributed by atoms with E-state index in [1.54, 1.807) is 0 Å². The van der Waals surface area contributed by atoms with Gasteiger partial charge in [0.15, 0.2) is 8.32 Å². The largest absolute Gasteiger partial charge is 0.410 e. The fourth-order valence-corrected chi connectivity index (χ4v) is 8.72. The number of hydrogen-bond donors (Lipinski definition) is 1. The van der Waals surface area contributed by atoms with Gasteiger partial charge in [-0.05, 0) is 97.3 Å². The van der Waals surface area contributed by atoms with E-state index < -0.39 is 29.5 Å². The Hall–Kier alpha value is -1.79. The molecule has 1 N–H and O–H groups in total. The second-order valence-corrected chi connectivity index (χ2v) is 22.7. The smallest absolute Gasteiger partial charge is 0.310 e. The van der Waals surface area contributed by atoms with E-state index in [1.165, 1.54) is 0 Å².